The van der Waals surface area contributed by atoms with Crippen molar-refractivity contribution in [3.63, 3.8) is 0 Å². The van der Waals surface area contributed by atoms with E-state index in [2.05, 4.69) is 21.2 Å². The largest absolute Gasteiger partial charge is 0.496 e. The molecule has 1 aromatic carbocycles. The lowest BCUT2D eigenvalue weighted by Gasteiger charge is -2.29. The zero-order valence-electron chi connectivity index (χ0n) is 10.9. The van der Waals surface area contributed by atoms with E-state index in [1.807, 2.05) is 19.1 Å². The summed E-state index contributed by atoms with van der Waals surface area (Å²) >= 11 is 3.51. The topological polar surface area (TPSA) is 41.5 Å². The third kappa shape index (κ3) is 2.87. The lowest BCUT2D eigenvalue weighted by Crippen LogP contribution is -2.38. The number of piperidine rings is 1. The minimum absolute atomic E-state index is 0.127. The number of nitrogens with one attached hydrogen (secondary N) is 1. The predicted octanol–water partition coefficient (Wildman–Crippen LogP) is 2.94. The third-order valence-corrected chi connectivity index (χ3v) is 4.41. The van der Waals surface area contributed by atoms with Gasteiger partial charge in [-0.3, -0.25) is 0 Å². The molecule has 0 aromatic heterocycles. The molecule has 0 aliphatic carbocycles. The maximum Gasteiger partial charge on any atom is 0.125 e. The van der Waals surface area contributed by atoms with Crippen molar-refractivity contribution in [3.8, 4) is 5.75 Å². The van der Waals surface area contributed by atoms with Crippen molar-refractivity contribution in [2.24, 2.45) is 0 Å². The van der Waals surface area contributed by atoms with Crippen molar-refractivity contribution in [3.05, 3.63) is 27.7 Å². The van der Waals surface area contributed by atoms with Crippen LogP contribution in [0, 0.1) is 6.92 Å². The molecule has 0 radical (unpaired) electrons. The molecule has 1 aromatic rings. The van der Waals surface area contributed by atoms with Crippen LogP contribution < -0.4 is 10.1 Å². The smallest absolute Gasteiger partial charge is 0.125 e. The van der Waals surface area contributed by atoms with Gasteiger partial charge in [-0.1, -0.05) is 22.4 Å². The second-order valence-electron chi connectivity index (χ2n) is 4.84. The molecule has 100 valence electrons. The molecule has 0 bridgehead atoms. The fourth-order valence-electron chi connectivity index (χ4n) is 2.44. The maximum atomic E-state index is 10.5. The van der Waals surface area contributed by atoms with Crippen LogP contribution in [0.15, 0.2) is 16.6 Å². The van der Waals surface area contributed by atoms with E-state index in [1.54, 1.807) is 7.11 Å². The van der Waals surface area contributed by atoms with Crippen LogP contribution in [0.5, 0.6) is 5.75 Å². The Labute approximate surface area is 117 Å². The normalized spacial score (nSPS) is 21.7. The van der Waals surface area contributed by atoms with E-state index in [0.717, 1.165) is 34.3 Å². The minimum atomic E-state index is -0.517. The number of aryl methyl sites for hydroxylation is 1. The van der Waals surface area contributed by atoms with Crippen molar-refractivity contribution >= 4 is 15.9 Å². The Balaban J connectivity index is 2.27. The first kappa shape index (κ1) is 13.8. The van der Waals surface area contributed by atoms with Gasteiger partial charge in [0.15, 0.2) is 0 Å². The van der Waals surface area contributed by atoms with Crippen LogP contribution in [0.25, 0.3) is 0 Å². The van der Waals surface area contributed by atoms with Gasteiger partial charge < -0.3 is 15.2 Å². The SMILES string of the molecule is COc1cc(C)c(Br)cc1C(O)C1CCCCN1. The Bertz CT molecular complexity index is 417. The van der Waals surface area contributed by atoms with E-state index in [9.17, 15) is 5.11 Å². The number of hydrogen-bond donors (Lipinski definition) is 2. The molecule has 0 amide bonds. The summed E-state index contributed by atoms with van der Waals surface area (Å²) in [6.07, 6.45) is 2.86. The lowest BCUT2D eigenvalue weighted by atomic mass is 9.94. The summed E-state index contributed by atoms with van der Waals surface area (Å²) in [7, 11) is 1.65. The summed E-state index contributed by atoms with van der Waals surface area (Å²) in [6, 6.07) is 4.06. The van der Waals surface area contributed by atoms with E-state index in [-0.39, 0.29) is 6.04 Å². The quantitative estimate of drug-likeness (QED) is 0.901. The molecule has 2 atom stereocenters. The van der Waals surface area contributed by atoms with Crippen LogP contribution in [0.3, 0.4) is 0 Å². The zero-order chi connectivity index (χ0) is 13.1. The second kappa shape index (κ2) is 6.04. The average Bonchev–Trinajstić information content (AvgIpc) is 2.41. The van der Waals surface area contributed by atoms with Crippen LogP contribution in [0.1, 0.15) is 36.5 Å². The molecule has 0 saturated carbocycles. The van der Waals surface area contributed by atoms with Gasteiger partial charge in [-0.05, 0) is 44.0 Å². The highest BCUT2D eigenvalue weighted by molar-refractivity contribution is 9.10. The van der Waals surface area contributed by atoms with E-state index in [4.69, 9.17) is 4.74 Å². The molecule has 0 spiro atoms. The molecule has 2 rings (SSSR count). The molecule has 2 N–H and O–H groups in total. The third-order valence-electron chi connectivity index (χ3n) is 3.56. The Morgan fingerprint density at radius 3 is 2.83 bits per heavy atom. The molecule has 1 aliphatic rings. The zero-order valence-corrected chi connectivity index (χ0v) is 12.5. The van der Waals surface area contributed by atoms with Crippen LogP contribution in [-0.2, 0) is 0 Å². The molecule has 2 unspecified atom stereocenters. The summed E-state index contributed by atoms with van der Waals surface area (Å²) in [5.41, 5.74) is 1.97. The van der Waals surface area contributed by atoms with Crippen LogP contribution >= 0.6 is 15.9 Å². The molecule has 1 heterocycles. The fourth-order valence-corrected chi connectivity index (χ4v) is 2.80. The number of aliphatic hydroxyl groups is 1. The van der Waals surface area contributed by atoms with Gasteiger partial charge in [0.2, 0.25) is 0 Å². The van der Waals surface area contributed by atoms with Gasteiger partial charge in [-0.25, -0.2) is 0 Å². The van der Waals surface area contributed by atoms with Crippen molar-refractivity contribution in [1.29, 1.82) is 0 Å². The van der Waals surface area contributed by atoms with Crippen LogP contribution in [-0.4, -0.2) is 24.8 Å². The first-order valence-electron chi connectivity index (χ1n) is 6.39. The Kier molecular flexibility index (Phi) is 4.65. The van der Waals surface area contributed by atoms with Crippen LogP contribution in [0.2, 0.25) is 0 Å². The summed E-state index contributed by atoms with van der Waals surface area (Å²) in [4.78, 5) is 0. The van der Waals surface area contributed by atoms with Crippen molar-refractivity contribution in [1.82, 2.24) is 5.32 Å². The van der Waals surface area contributed by atoms with Crippen molar-refractivity contribution in [2.45, 2.75) is 38.3 Å². The minimum Gasteiger partial charge on any atom is -0.496 e. The molecule has 18 heavy (non-hydrogen) atoms. The number of rotatable bonds is 3. The number of halogens is 1. The first-order chi connectivity index (χ1) is 8.63. The van der Waals surface area contributed by atoms with Gasteiger partial charge >= 0.3 is 0 Å². The molecular formula is C14H20BrNO2. The summed E-state index contributed by atoms with van der Waals surface area (Å²) in [6.45, 7) is 3.00. The molecule has 1 aliphatic heterocycles. The number of methoxy groups -OCH3 is 1. The average molecular weight is 314 g/mol. The highest BCUT2D eigenvalue weighted by Crippen LogP contribution is 2.34. The van der Waals surface area contributed by atoms with E-state index in [0.29, 0.717) is 0 Å². The maximum absolute atomic E-state index is 10.5. The first-order valence-corrected chi connectivity index (χ1v) is 7.18. The van der Waals surface area contributed by atoms with Crippen molar-refractivity contribution < 1.29 is 9.84 Å². The van der Waals surface area contributed by atoms with Gasteiger partial charge in [-0.15, -0.1) is 0 Å². The highest BCUT2D eigenvalue weighted by Gasteiger charge is 2.25. The van der Waals surface area contributed by atoms with Gasteiger partial charge in [0.1, 0.15) is 5.75 Å². The molecule has 4 heteroatoms. The number of ether oxygens (including phenoxy) is 1. The summed E-state index contributed by atoms with van der Waals surface area (Å²) < 4.78 is 6.39. The second-order valence-corrected chi connectivity index (χ2v) is 5.70. The van der Waals surface area contributed by atoms with Gasteiger partial charge in [0, 0.05) is 16.1 Å². The Morgan fingerprint density at radius 2 is 2.22 bits per heavy atom. The predicted molar refractivity (Wildman–Crippen MR) is 76.0 cm³/mol. The van der Waals surface area contributed by atoms with Crippen molar-refractivity contribution in [2.75, 3.05) is 13.7 Å². The van der Waals surface area contributed by atoms with E-state index in [1.165, 1.54) is 12.8 Å². The van der Waals surface area contributed by atoms with Gasteiger partial charge in [0.05, 0.1) is 13.2 Å². The number of aliphatic hydroxyl groups excluding tert-OH is 1. The molecule has 1 fully saturated rings. The van der Waals surface area contributed by atoms with Crippen LogP contribution in [0.4, 0.5) is 0 Å². The fraction of sp³-hybridized carbons (Fsp3) is 0.571. The Morgan fingerprint density at radius 1 is 1.44 bits per heavy atom. The van der Waals surface area contributed by atoms with E-state index >= 15 is 0 Å². The standard InChI is InChI=1S/C14H20BrNO2/c1-9-7-13(18-2)10(8-11(9)15)14(17)12-5-3-4-6-16-12/h7-8,12,14,16-17H,3-6H2,1-2H3. The monoisotopic (exact) mass is 313 g/mol. The van der Waals surface area contributed by atoms with E-state index < -0.39 is 6.10 Å². The molecular weight excluding hydrogens is 294 g/mol. The van der Waals surface area contributed by atoms with Gasteiger partial charge in [0.25, 0.3) is 0 Å². The summed E-state index contributed by atoms with van der Waals surface area (Å²) in [5, 5.41) is 13.9. The molecule has 3 nitrogen and oxygen atoms in total. The number of hydrogen-bond acceptors (Lipinski definition) is 3. The summed E-state index contributed by atoms with van der Waals surface area (Å²) in [5.74, 6) is 0.760. The number of benzene rings is 1. The highest BCUT2D eigenvalue weighted by atomic mass is 79.9. The molecule has 1 saturated heterocycles. The Hall–Kier alpha value is -0.580. The lowest BCUT2D eigenvalue weighted by molar-refractivity contribution is 0.111. The van der Waals surface area contributed by atoms with Gasteiger partial charge in [-0.2, -0.15) is 0 Å².